The molecule has 0 radical (unpaired) electrons. The molecule has 1 fully saturated rings. The summed E-state index contributed by atoms with van der Waals surface area (Å²) in [6.07, 6.45) is 0.970. The number of carbonyl (C=O) groups excluding carboxylic acids is 1. The van der Waals surface area contributed by atoms with Gasteiger partial charge in [-0.3, -0.25) is 9.69 Å². The molecule has 1 aliphatic heterocycles. The van der Waals surface area contributed by atoms with Crippen molar-refractivity contribution < 1.29 is 19.0 Å². The van der Waals surface area contributed by atoms with Crippen LogP contribution in [0.5, 0.6) is 17.2 Å². The lowest BCUT2D eigenvalue weighted by atomic mass is 10.1. The van der Waals surface area contributed by atoms with Gasteiger partial charge in [0.1, 0.15) is 17.2 Å². The first kappa shape index (κ1) is 20.0. The molecule has 0 N–H and O–H groups in total. The largest absolute Gasteiger partial charge is 0.497 e. The van der Waals surface area contributed by atoms with Gasteiger partial charge in [0, 0.05) is 44.4 Å². The van der Waals surface area contributed by atoms with E-state index in [0.29, 0.717) is 17.1 Å². The highest BCUT2D eigenvalue weighted by Gasteiger charge is 2.23. The quantitative estimate of drug-likeness (QED) is 0.735. The van der Waals surface area contributed by atoms with Gasteiger partial charge in [-0.25, -0.2) is 0 Å². The highest BCUT2D eigenvalue weighted by Crippen LogP contribution is 2.24. The van der Waals surface area contributed by atoms with Crippen molar-refractivity contribution in [3.63, 3.8) is 0 Å². The first-order chi connectivity index (χ1) is 13.6. The van der Waals surface area contributed by atoms with Crippen LogP contribution in [0.25, 0.3) is 0 Å². The third-order valence-corrected chi connectivity index (χ3v) is 5.11. The topological polar surface area (TPSA) is 51.2 Å². The third kappa shape index (κ3) is 4.95. The van der Waals surface area contributed by atoms with Crippen LogP contribution in [-0.4, -0.2) is 69.8 Å². The minimum Gasteiger partial charge on any atom is -0.497 e. The number of hydrogen-bond acceptors (Lipinski definition) is 5. The summed E-state index contributed by atoms with van der Waals surface area (Å²) in [6.45, 7) is 4.16. The summed E-state index contributed by atoms with van der Waals surface area (Å²) in [5, 5.41) is 0. The molecule has 0 spiro atoms. The minimum atomic E-state index is 0.0182. The Morgan fingerprint density at radius 1 is 0.857 bits per heavy atom. The summed E-state index contributed by atoms with van der Waals surface area (Å²) in [5.74, 6) is 2.16. The van der Waals surface area contributed by atoms with Crippen molar-refractivity contribution in [1.29, 1.82) is 0 Å². The molecule has 0 atom stereocenters. The van der Waals surface area contributed by atoms with Crippen molar-refractivity contribution >= 4 is 5.91 Å². The Hall–Kier alpha value is -2.73. The van der Waals surface area contributed by atoms with Gasteiger partial charge in [0.15, 0.2) is 0 Å². The molecule has 1 saturated heterocycles. The van der Waals surface area contributed by atoms with Gasteiger partial charge < -0.3 is 19.1 Å². The van der Waals surface area contributed by atoms with E-state index in [1.807, 2.05) is 17.0 Å². The lowest BCUT2D eigenvalue weighted by Crippen LogP contribution is -2.49. The molecule has 150 valence electrons. The predicted molar refractivity (Wildman–Crippen MR) is 109 cm³/mol. The molecule has 1 amide bonds. The monoisotopic (exact) mass is 384 g/mol. The lowest BCUT2D eigenvalue weighted by Gasteiger charge is -2.35. The molecular weight excluding hydrogens is 356 g/mol. The Morgan fingerprint density at radius 3 is 2.11 bits per heavy atom. The van der Waals surface area contributed by atoms with Crippen LogP contribution < -0.4 is 14.2 Å². The number of carbonyl (C=O) groups is 1. The number of nitrogens with zero attached hydrogens (tertiary/aromatic N) is 2. The van der Waals surface area contributed by atoms with Gasteiger partial charge in [-0.15, -0.1) is 0 Å². The Labute approximate surface area is 166 Å². The number of amides is 1. The summed E-state index contributed by atoms with van der Waals surface area (Å²) in [7, 11) is 4.86. The van der Waals surface area contributed by atoms with E-state index in [0.717, 1.165) is 44.9 Å². The van der Waals surface area contributed by atoms with E-state index in [2.05, 4.69) is 17.0 Å². The van der Waals surface area contributed by atoms with Crippen LogP contribution in [0, 0.1) is 0 Å². The smallest absolute Gasteiger partial charge is 0.254 e. The number of benzene rings is 2. The summed E-state index contributed by atoms with van der Waals surface area (Å²) < 4.78 is 15.8. The Bertz CT molecular complexity index is 779. The van der Waals surface area contributed by atoms with E-state index in [-0.39, 0.29) is 5.91 Å². The van der Waals surface area contributed by atoms with Crippen molar-refractivity contribution in [3.8, 4) is 17.2 Å². The average molecular weight is 384 g/mol. The van der Waals surface area contributed by atoms with E-state index >= 15 is 0 Å². The third-order valence-electron chi connectivity index (χ3n) is 5.11. The molecule has 0 saturated carbocycles. The van der Waals surface area contributed by atoms with Gasteiger partial charge in [0.25, 0.3) is 5.91 Å². The fourth-order valence-electron chi connectivity index (χ4n) is 3.40. The highest BCUT2D eigenvalue weighted by molar-refractivity contribution is 5.95. The van der Waals surface area contributed by atoms with E-state index in [1.54, 1.807) is 39.5 Å². The molecule has 2 aromatic carbocycles. The van der Waals surface area contributed by atoms with Crippen LogP contribution in [-0.2, 0) is 6.42 Å². The lowest BCUT2D eigenvalue weighted by molar-refractivity contribution is 0.0638. The number of ether oxygens (including phenoxy) is 3. The van der Waals surface area contributed by atoms with Crippen molar-refractivity contribution in [1.82, 2.24) is 9.80 Å². The number of methoxy groups -OCH3 is 3. The van der Waals surface area contributed by atoms with Gasteiger partial charge in [-0.2, -0.15) is 0 Å². The molecular formula is C22H28N2O4. The zero-order valence-corrected chi connectivity index (χ0v) is 16.8. The summed E-state index contributed by atoms with van der Waals surface area (Å²) in [5.41, 5.74) is 1.86. The second kappa shape index (κ2) is 9.46. The van der Waals surface area contributed by atoms with E-state index in [4.69, 9.17) is 14.2 Å². The van der Waals surface area contributed by atoms with E-state index < -0.39 is 0 Å². The standard InChI is InChI=1S/C22H28N2O4/c1-26-19-6-4-5-17(13-19)7-8-23-9-11-24(12-10-23)22(25)18-14-20(27-2)16-21(15-18)28-3/h4-6,13-16H,7-12H2,1-3H3. The zero-order valence-electron chi connectivity index (χ0n) is 16.8. The molecule has 0 aromatic heterocycles. The maximum absolute atomic E-state index is 12.9. The van der Waals surface area contributed by atoms with Crippen LogP contribution in [0.1, 0.15) is 15.9 Å². The molecule has 0 bridgehead atoms. The second-order valence-electron chi connectivity index (χ2n) is 6.84. The van der Waals surface area contributed by atoms with Crippen LogP contribution in [0.4, 0.5) is 0 Å². The van der Waals surface area contributed by atoms with Crippen LogP contribution in [0.2, 0.25) is 0 Å². The molecule has 0 unspecified atom stereocenters. The molecule has 2 aromatic rings. The maximum Gasteiger partial charge on any atom is 0.254 e. The SMILES string of the molecule is COc1cccc(CCN2CCN(C(=O)c3cc(OC)cc(OC)c3)CC2)c1. The Kier molecular flexibility index (Phi) is 6.76. The van der Waals surface area contributed by atoms with Crippen molar-refractivity contribution in [2.24, 2.45) is 0 Å². The van der Waals surface area contributed by atoms with Crippen LogP contribution in [0.15, 0.2) is 42.5 Å². The van der Waals surface area contributed by atoms with Crippen molar-refractivity contribution in [2.45, 2.75) is 6.42 Å². The van der Waals surface area contributed by atoms with Gasteiger partial charge >= 0.3 is 0 Å². The van der Waals surface area contributed by atoms with Gasteiger partial charge in [-0.05, 0) is 36.2 Å². The predicted octanol–water partition coefficient (Wildman–Crippen LogP) is 2.71. The van der Waals surface area contributed by atoms with Crippen LogP contribution in [0.3, 0.4) is 0 Å². The number of hydrogen-bond donors (Lipinski definition) is 0. The Morgan fingerprint density at radius 2 is 1.50 bits per heavy atom. The van der Waals surface area contributed by atoms with E-state index in [1.165, 1.54) is 5.56 Å². The van der Waals surface area contributed by atoms with Gasteiger partial charge in [-0.1, -0.05) is 12.1 Å². The van der Waals surface area contributed by atoms with Crippen molar-refractivity contribution in [3.05, 3.63) is 53.6 Å². The average Bonchev–Trinajstić information content (AvgIpc) is 2.77. The zero-order chi connectivity index (χ0) is 19.9. The minimum absolute atomic E-state index is 0.0182. The first-order valence-corrected chi connectivity index (χ1v) is 9.50. The van der Waals surface area contributed by atoms with Gasteiger partial charge in [0.05, 0.1) is 21.3 Å². The van der Waals surface area contributed by atoms with Crippen LogP contribution >= 0.6 is 0 Å². The molecule has 28 heavy (non-hydrogen) atoms. The molecule has 6 nitrogen and oxygen atoms in total. The number of rotatable bonds is 7. The molecule has 0 aliphatic carbocycles. The molecule has 1 heterocycles. The summed E-state index contributed by atoms with van der Waals surface area (Å²) in [4.78, 5) is 17.2. The maximum atomic E-state index is 12.9. The molecule has 1 aliphatic rings. The second-order valence-corrected chi connectivity index (χ2v) is 6.84. The van der Waals surface area contributed by atoms with Crippen molar-refractivity contribution in [2.75, 3.05) is 54.1 Å². The normalized spacial score (nSPS) is 14.6. The fraction of sp³-hybridized carbons (Fsp3) is 0.409. The van der Waals surface area contributed by atoms with Gasteiger partial charge in [0.2, 0.25) is 0 Å². The number of piperazine rings is 1. The van der Waals surface area contributed by atoms with E-state index in [9.17, 15) is 4.79 Å². The fourth-order valence-corrected chi connectivity index (χ4v) is 3.40. The molecule has 3 rings (SSSR count). The molecule has 6 heteroatoms. The summed E-state index contributed by atoms with van der Waals surface area (Å²) in [6, 6.07) is 13.5. The first-order valence-electron chi connectivity index (χ1n) is 9.50. The Balaban J connectivity index is 1.54. The summed E-state index contributed by atoms with van der Waals surface area (Å²) >= 11 is 0. The highest BCUT2D eigenvalue weighted by atomic mass is 16.5.